The maximum Gasteiger partial charge on any atom is 0.416 e. The third kappa shape index (κ3) is 3.92. The van der Waals surface area contributed by atoms with Crippen LogP contribution < -0.4 is 10.6 Å². The summed E-state index contributed by atoms with van der Waals surface area (Å²) in [5.74, 6) is -1.48. The number of β-amino-alcohol motifs (C(OH)–C–C–N with tert-alkyl or cyclic N) is 1. The highest BCUT2D eigenvalue weighted by atomic mass is 19.4. The number of amides is 1. The molecule has 1 aromatic rings. The van der Waals surface area contributed by atoms with E-state index >= 15 is 0 Å². The summed E-state index contributed by atoms with van der Waals surface area (Å²) in [4.78, 5) is 11.8. The Hall–Kier alpha value is -1.67. The number of aliphatic hydroxyl groups excluding tert-OH is 1. The van der Waals surface area contributed by atoms with Crippen LogP contribution >= 0.6 is 0 Å². The first-order chi connectivity index (χ1) is 9.77. The van der Waals surface area contributed by atoms with Crippen LogP contribution in [0.3, 0.4) is 0 Å². The van der Waals surface area contributed by atoms with Gasteiger partial charge in [0, 0.05) is 13.1 Å². The number of rotatable bonds is 3. The Morgan fingerprint density at radius 1 is 1.43 bits per heavy atom. The smallest absolute Gasteiger partial charge is 0.392 e. The van der Waals surface area contributed by atoms with E-state index < -0.39 is 35.6 Å². The highest BCUT2D eigenvalue weighted by Crippen LogP contribution is 2.32. The molecule has 1 fully saturated rings. The second kappa shape index (κ2) is 5.98. The van der Waals surface area contributed by atoms with Crippen molar-refractivity contribution in [2.24, 2.45) is 0 Å². The zero-order valence-electron chi connectivity index (χ0n) is 10.9. The molecule has 0 aromatic heterocycles. The van der Waals surface area contributed by atoms with Crippen LogP contribution in [-0.2, 0) is 17.5 Å². The van der Waals surface area contributed by atoms with Crippen LogP contribution in [0.15, 0.2) is 18.2 Å². The Morgan fingerprint density at radius 2 is 2.14 bits per heavy atom. The number of alkyl halides is 3. The third-order valence-electron chi connectivity index (χ3n) is 3.25. The number of hydrogen-bond donors (Lipinski definition) is 3. The zero-order chi connectivity index (χ0) is 15.6. The molecule has 0 spiro atoms. The molecule has 0 aliphatic carbocycles. The molecule has 4 nitrogen and oxygen atoms in total. The number of halogens is 4. The molecule has 1 aliphatic rings. The lowest BCUT2D eigenvalue weighted by Crippen LogP contribution is -2.40. The largest absolute Gasteiger partial charge is 0.416 e. The maximum atomic E-state index is 12.9. The normalized spacial score (nSPS) is 22.3. The van der Waals surface area contributed by atoms with E-state index in [2.05, 4.69) is 10.6 Å². The average molecular weight is 306 g/mol. The second-order valence-electron chi connectivity index (χ2n) is 4.87. The number of aliphatic hydroxyl groups is 1. The van der Waals surface area contributed by atoms with E-state index in [0.29, 0.717) is 6.07 Å². The molecule has 1 heterocycles. The summed E-state index contributed by atoms with van der Waals surface area (Å²) in [5, 5.41) is 14.4. The predicted molar refractivity (Wildman–Crippen MR) is 65.7 cm³/mol. The van der Waals surface area contributed by atoms with Gasteiger partial charge in [0.05, 0.1) is 17.7 Å². The van der Waals surface area contributed by atoms with Crippen LogP contribution in [-0.4, -0.2) is 29.7 Å². The van der Waals surface area contributed by atoms with Crippen LogP contribution in [0, 0.1) is 5.82 Å². The fraction of sp³-hybridized carbons (Fsp3) is 0.462. The number of benzene rings is 1. The van der Waals surface area contributed by atoms with Gasteiger partial charge in [-0.2, -0.15) is 13.2 Å². The van der Waals surface area contributed by atoms with Crippen molar-refractivity contribution >= 4 is 5.91 Å². The van der Waals surface area contributed by atoms with Crippen molar-refractivity contribution in [1.29, 1.82) is 0 Å². The number of carbonyl (C=O) groups is 1. The SMILES string of the molecule is O=C(NCc1ccc(F)cc1C(F)(F)F)[C@@H]1C[C@@H](O)CN1. The Labute approximate surface area is 118 Å². The molecule has 0 radical (unpaired) electrons. The highest BCUT2D eigenvalue weighted by Gasteiger charge is 2.34. The molecule has 116 valence electrons. The molecule has 0 saturated carbocycles. The van der Waals surface area contributed by atoms with E-state index in [1.165, 1.54) is 0 Å². The third-order valence-corrected chi connectivity index (χ3v) is 3.25. The first-order valence-electron chi connectivity index (χ1n) is 6.32. The van der Waals surface area contributed by atoms with E-state index in [4.69, 9.17) is 0 Å². The Balaban J connectivity index is 2.05. The molecular weight excluding hydrogens is 292 g/mol. The monoisotopic (exact) mass is 306 g/mol. The molecule has 8 heteroatoms. The molecule has 1 aliphatic heterocycles. The van der Waals surface area contributed by atoms with Gasteiger partial charge in [-0.25, -0.2) is 4.39 Å². The van der Waals surface area contributed by atoms with Crippen LogP contribution in [0.5, 0.6) is 0 Å². The van der Waals surface area contributed by atoms with Gasteiger partial charge in [0.1, 0.15) is 5.82 Å². The van der Waals surface area contributed by atoms with Crippen molar-refractivity contribution < 1.29 is 27.5 Å². The summed E-state index contributed by atoms with van der Waals surface area (Å²) in [6.45, 7) is -0.0926. The summed E-state index contributed by atoms with van der Waals surface area (Å²) in [5.41, 5.74) is -1.32. The van der Waals surface area contributed by atoms with E-state index in [-0.39, 0.29) is 25.1 Å². The summed E-state index contributed by atoms with van der Waals surface area (Å²) in [6, 6.07) is 1.68. The lowest BCUT2D eigenvalue weighted by molar-refractivity contribution is -0.138. The molecule has 0 bridgehead atoms. The fourth-order valence-electron chi connectivity index (χ4n) is 2.19. The molecule has 2 rings (SSSR count). The van der Waals surface area contributed by atoms with E-state index in [0.717, 1.165) is 12.1 Å². The van der Waals surface area contributed by atoms with Crippen LogP contribution in [0.4, 0.5) is 17.6 Å². The van der Waals surface area contributed by atoms with E-state index in [1.807, 2.05) is 0 Å². The molecular formula is C13H14F4N2O2. The van der Waals surface area contributed by atoms with Crippen LogP contribution in [0.25, 0.3) is 0 Å². The van der Waals surface area contributed by atoms with Gasteiger partial charge in [0.25, 0.3) is 0 Å². The molecule has 1 aromatic carbocycles. The predicted octanol–water partition coefficient (Wildman–Crippen LogP) is 1.18. The molecule has 2 atom stereocenters. The molecule has 1 saturated heterocycles. The highest BCUT2D eigenvalue weighted by molar-refractivity contribution is 5.82. The van der Waals surface area contributed by atoms with Crippen LogP contribution in [0.1, 0.15) is 17.5 Å². The Kier molecular flexibility index (Phi) is 4.48. The fourth-order valence-corrected chi connectivity index (χ4v) is 2.19. The van der Waals surface area contributed by atoms with Gasteiger partial charge in [0.15, 0.2) is 0 Å². The minimum absolute atomic E-state index is 0.210. The van der Waals surface area contributed by atoms with Crippen molar-refractivity contribution in [2.45, 2.75) is 31.3 Å². The van der Waals surface area contributed by atoms with Gasteiger partial charge in [-0.1, -0.05) is 6.07 Å². The van der Waals surface area contributed by atoms with Gasteiger partial charge in [-0.05, 0) is 24.1 Å². The van der Waals surface area contributed by atoms with Gasteiger partial charge >= 0.3 is 6.18 Å². The summed E-state index contributed by atoms with van der Waals surface area (Å²) in [6.07, 6.45) is -5.12. The number of hydrogen-bond acceptors (Lipinski definition) is 3. The van der Waals surface area contributed by atoms with Crippen molar-refractivity contribution in [3.05, 3.63) is 35.1 Å². The molecule has 1 amide bonds. The van der Waals surface area contributed by atoms with Crippen LogP contribution in [0.2, 0.25) is 0 Å². The lowest BCUT2D eigenvalue weighted by atomic mass is 10.1. The minimum Gasteiger partial charge on any atom is -0.392 e. The van der Waals surface area contributed by atoms with E-state index in [9.17, 15) is 27.5 Å². The summed E-state index contributed by atoms with van der Waals surface area (Å²) >= 11 is 0. The standard InChI is InChI=1S/C13H14F4N2O2/c14-8-2-1-7(10(3-8)13(15,16)17)5-19-12(21)11-4-9(20)6-18-11/h1-3,9,11,18,20H,4-6H2,(H,19,21)/t9-,11+/m1/s1. The van der Waals surface area contributed by atoms with Gasteiger partial charge in [-0.15, -0.1) is 0 Å². The first-order valence-corrected chi connectivity index (χ1v) is 6.32. The second-order valence-corrected chi connectivity index (χ2v) is 4.87. The minimum atomic E-state index is -4.69. The average Bonchev–Trinajstić information content (AvgIpc) is 2.82. The number of nitrogens with one attached hydrogen (secondary N) is 2. The van der Waals surface area contributed by atoms with Gasteiger partial charge in [-0.3, -0.25) is 4.79 Å². The van der Waals surface area contributed by atoms with Crippen molar-refractivity contribution in [1.82, 2.24) is 10.6 Å². The van der Waals surface area contributed by atoms with E-state index in [1.54, 1.807) is 0 Å². The summed E-state index contributed by atoms with van der Waals surface area (Å²) in [7, 11) is 0. The van der Waals surface area contributed by atoms with Gasteiger partial charge in [0.2, 0.25) is 5.91 Å². The first kappa shape index (κ1) is 15.7. The topological polar surface area (TPSA) is 61.4 Å². The molecule has 3 N–H and O–H groups in total. The molecule has 21 heavy (non-hydrogen) atoms. The van der Waals surface area contributed by atoms with Gasteiger partial charge < -0.3 is 15.7 Å². The lowest BCUT2D eigenvalue weighted by Gasteiger charge is -2.15. The molecule has 0 unspecified atom stereocenters. The Morgan fingerprint density at radius 3 is 2.71 bits per heavy atom. The van der Waals surface area contributed by atoms with Crippen molar-refractivity contribution in [3.8, 4) is 0 Å². The summed E-state index contributed by atoms with van der Waals surface area (Å²) < 4.78 is 51.3. The van der Waals surface area contributed by atoms with Crippen molar-refractivity contribution in [3.63, 3.8) is 0 Å². The Bertz CT molecular complexity index is 533. The van der Waals surface area contributed by atoms with Crippen molar-refractivity contribution in [2.75, 3.05) is 6.54 Å². The quantitative estimate of drug-likeness (QED) is 0.735. The number of carbonyl (C=O) groups excluding carboxylic acids is 1. The zero-order valence-corrected chi connectivity index (χ0v) is 10.9. The maximum absolute atomic E-state index is 12.9.